The summed E-state index contributed by atoms with van der Waals surface area (Å²) in [6, 6.07) is 17.5. The average Bonchev–Trinajstić information content (AvgIpc) is 2.42. The maximum Gasteiger partial charge on any atom is 0.191 e. The van der Waals surface area contributed by atoms with Crippen LogP contribution in [0.2, 0.25) is 0 Å². The van der Waals surface area contributed by atoms with Gasteiger partial charge in [0.15, 0.2) is 5.11 Å². The molecule has 0 amide bonds. The van der Waals surface area contributed by atoms with Crippen molar-refractivity contribution < 1.29 is 0 Å². The summed E-state index contributed by atoms with van der Waals surface area (Å²) in [7, 11) is 0. The van der Waals surface area contributed by atoms with E-state index in [9.17, 15) is 0 Å². The zero-order valence-corrected chi connectivity index (χ0v) is 12.4. The zero-order chi connectivity index (χ0) is 13.5. The molecule has 0 aliphatic rings. The van der Waals surface area contributed by atoms with Gasteiger partial charge < -0.3 is 5.32 Å². The van der Waals surface area contributed by atoms with Gasteiger partial charge in [0.1, 0.15) is 0 Å². The smallest absolute Gasteiger partial charge is 0.191 e. The molecule has 0 spiro atoms. The van der Waals surface area contributed by atoms with Crippen molar-refractivity contribution in [2.45, 2.75) is 0 Å². The van der Waals surface area contributed by atoms with Gasteiger partial charge in [0.25, 0.3) is 0 Å². The lowest BCUT2D eigenvalue weighted by molar-refractivity contribution is 1.05. The van der Waals surface area contributed by atoms with E-state index in [0.29, 0.717) is 5.11 Å². The second-order valence-corrected chi connectivity index (χ2v) is 4.97. The molecular weight excluding hydrogens is 322 g/mol. The monoisotopic (exact) mass is 333 g/mol. The minimum Gasteiger partial charge on any atom is -0.331 e. The Morgan fingerprint density at radius 1 is 1.05 bits per heavy atom. The molecular formula is C14H12BrN3S. The van der Waals surface area contributed by atoms with E-state index in [0.717, 1.165) is 15.7 Å². The van der Waals surface area contributed by atoms with E-state index in [1.54, 1.807) is 6.21 Å². The lowest BCUT2D eigenvalue weighted by Gasteiger charge is -2.06. The third-order valence-electron chi connectivity index (χ3n) is 2.31. The van der Waals surface area contributed by atoms with Crippen molar-refractivity contribution >= 4 is 45.2 Å². The third-order valence-corrected chi connectivity index (χ3v) is 3.22. The first-order chi connectivity index (χ1) is 9.25. The number of nitrogens with zero attached hydrogens (tertiary/aromatic N) is 1. The van der Waals surface area contributed by atoms with Crippen molar-refractivity contribution in [1.29, 1.82) is 0 Å². The first kappa shape index (κ1) is 13.7. The molecule has 0 aliphatic heterocycles. The summed E-state index contributed by atoms with van der Waals surface area (Å²) in [5, 5.41) is 7.58. The van der Waals surface area contributed by atoms with Gasteiger partial charge in [-0.3, -0.25) is 5.43 Å². The molecule has 19 heavy (non-hydrogen) atoms. The Labute approximate surface area is 125 Å². The van der Waals surface area contributed by atoms with Crippen LogP contribution in [-0.2, 0) is 0 Å². The molecule has 0 heterocycles. The number of halogens is 1. The Kier molecular flexibility index (Phi) is 5.06. The molecule has 2 aromatic rings. The SMILES string of the molecule is S=C(NN=Cc1ccccc1Br)Nc1ccccc1. The Bertz CT molecular complexity index is 584. The number of benzene rings is 2. The number of nitrogens with one attached hydrogen (secondary N) is 2. The Balaban J connectivity index is 1.89. The van der Waals surface area contributed by atoms with Crippen molar-refractivity contribution in [3.05, 3.63) is 64.6 Å². The Morgan fingerprint density at radius 2 is 1.74 bits per heavy atom. The van der Waals surface area contributed by atoms with Crippen molar-refractivity contribution in [2.75, 3.05) is 5.32 Å². The second-order valence-electron chi connectivity index (χ2n) is 3.71. The molecule has 0 saturated carbocycles. The second kappa shape index (κ2) is 7.01. The summed E-state index contributed by atoms with van der Waals surface area (Å²) in [6.45, 7) is 0. The van der Waals surface area contributed by atoms with Crippen LogP contribution in [0.3, 0.4) is 0 Å². The van der Waals surface area contributed by atoms with E-state index < -0.39 is 0 Å². The Morgan fingerprint density at radius 3 is 2.47 bits per heavy atom. The summed E-state index contributed by atoms with van der Waals surface area (Å²) in [5.74, 6) is 0. The molecule has 96 valence electrons. The van der Waals surface area contributed by atoms with Gasteiger partial charge in [0.05, 0.1) is 6.21 Å². The number of anilines is 1. The average molecular weight is 334 g/mol. The van der Waals surface area contributed by atoms with Crippen LogP contribution < -0.4 is 10.7 Å². The molecule has 0 aliphatic carbocycles. The highest BCUT2D eigenvalue weighted by Crippen LogP contribution is 2.13. The number of hydrogen-bond donors (Lipinski definition) is 2. The van der Waals surface area contributed by atoms with Gasteiger partial charge in [-0.1, -0.05) is 52.3 Å². The maximum absolute atomic E-state index is 5.14. The molecule has 2 rings (SSSR count). The zero-order valence-electron chi connectivity index (χ0n) is 10.0. The summed E-state index contributed by atoms with van der Waals surface area (Å²) in [6.07, 6.45) is 1.71. The summed E-state index contributed by atoms with van der Waals surface area (Å²) in [5.41, 5.74) is 4.69. The maximum atomic E-state index is 5.14. The van der Waals surface area contributed by atoms with E-state index in [1.165, 1.54) is 0 Å². The fourth-order valence-corrected chi connectivity index (χ4v) is 1.98. The van der Waals surface area contributed by atoms with Gasteiger partial charge in [0.2, 0.25) is 0 Å². The van der Waals surface area contributed by atoms with Crippen LogP contribution in [0.25, 0.3) is 0 Å². The molecule has 0 fully saturated rings. The summed E-state index contributed by atoms with van der Waals surface area (Å²) < 4.78 is 0.988. The van der Waals surface area contributed by atoms with E-state index in [4.69, 9.17) is 12.2 Å². The van der Waals surface area contributed by atoms with Gasteiger partial charge >= 0.3 is 0 Å². The molecule has 0 aromatic heterocycles. The molecule has 0 unspecified atom stereocenters. The number of rotatable bonds is 3. The quantitative estimate of drug-likeness (QED) is 0.510. The molecule has 0 saturated heterocycles. The van der Waals surface area contributed by atoms with Crippen LogP contribution in [0.4, 0.5) is 5.69 Å². The van der Waals surface area contributed by atoms with Gasteiger partial charge in [-0.2, -0.15) is 5.10 Å². The predicted octanol–water partition coefficient (Wildman–Crippen LogP) is 3.77. The van der Waals surface area contributed by atoms with Crippen LogP contribution in [0, 0.1) is 0 Å². The molecule has 0 bridgehead atoms. The standard InChI is InChI=1S/C14H12BrN3S/c15-13-9-5-4-6-11(13)10-16-18-14(19)17-12-7-2-1-3-8-12/h1-10H,(H2,17,18,19). The van der Waals surface area contributed by atoms with Gasteiger partial charge in [-0.15, -0.1) is 0 Å². The number of hydrazone groups is 1. The summed E-state index contributed by atoms with van der Waals surface area (Å²) in [4.78, 5) is 0. The number of thiocarbonyl (C=S) groups is 1. The minimum absolute atomic E-state index is 0.453. The van der Waals surface area contributed by atoms with E-state index >= 15 is 0 Å². The molecule has 0 atom stereocenters. The van der Waals surface area contributed by atoms with Gasteiger partial charge in [-0.05, 0) is 30.4 Å². The first-order valence-corrected chi connectivity index (χ1v) is 6.85. The highest BCUT2D eigenvalue weighted by atomic mass is 79.9. The van der Waals surface area contributed by atoms with Crippen molar-refractivity contribution in [3.8, 4) is 0 Å². The number of hydrogen-bond acceptors (Lipinski definition) is 2. The molecule has 5 heteroatoms. The van der Waals surface area contributed by atoms with Crippen LogP contribution in [0.15, 0.2) is 64.2 Å². The molecule has 2 N–H and O–H groups in total. The largest absolute Gasteiger partial charge is 0.331 e. The topological polar surface area (TPSA) is 36.4 Å². The minimum atomic E-state index is 0.453. The normalized spacial score (nSPS) is 10.4. The van der Waals surface area contributed by atoms with Crippen LogP contribution in [0.5, 0.6) is 0 Å². The lowest BCUT2D eigenvalue weighted by Crippen LogP contribution is -2.23. The van der Waals surface area contributed by atoms with Crippen molar-refractivity contribution in [2.24, 2.45) is 5.10 Å². The highest BCUT2D eigenvalue weighted by Gasteiger charge is 1.95. The lowest BCUT2D eigenvalue weighted by atomic mass is 10.2. The van der Waals surface area contributed by atoms with E-state index in [-0.39, 0.29) is 0 Å². The van der Waals surface area contributed by atoms with Crippen molar-refractivity contribution in [1.82, 2.24) is 5.43 Å². The first-order valence-electron chi connectivity index (χ1n) is 5.65. The van der Waals surface area contributed by atoms with Gasteiger partial charge in [-0.25, -0.2) is 0 Å². The predicted molar refractivity (Wildman–Crippen MR) is 87.5 cm³/mol. The van der Waals surface area contributed by atoms with E-state index in [1.807, 2.05) is 54.6 Å². The van der Waals surface area contributed by atoms with Crippen LogP contribution in [-0.4, -0.2) is 11.3 Å². The summed E-state index contributed by atoms with van der Waals surface area (Å²) >= 11 is 8.59. The molecule has 0 radical (unpaired) electrons. The highest BCUT2D eigenvalue weighted by molar-refractivity contribution is 9.10. The van der Waals surface area contributed by atoms with Crippen LogP contribution in [0.1, 0.15) is 5.56 Å². The number of para-hydroxylation sites is 1. The fraction of sp³-hybridized carbons (Fsp3) is 0. The fourth-order valence-electron chi connectivity index (χ4n) is 1.42. The third kappa shape index (κ3) is 4.46. The Hall–Kier alpha value is -1.72. The van der Waals surface area contributed by atoms with Crippen LogP contribution >= 0.6 is 28.1 Å². The van der Waals surface area contributed by atoms with Crippen molar-refractivity contribution in [3.63, 3.8) is 0 Å². The van der Waals surface area contributed by atoms with E-state index in [2.05, 4.69) is 31.8 Å². The molecule has 3 nitrogen and oxygen atoms in total. The van der Waals surface area contributed by atoms with Gasteiger partial charge in [0, 0.05) is 15.7 Å². The molecule has 2 aromatic carbocycles.